The zero-order chi connectivity index (χ0) is 16.8. The number of para-hydroxylation sites is 1. The second kappa shape index (κ2) is 7.51. The van der Waals surface area contributed by atoms with Gasteiger partial charge in [0.1, 0.15) is 5.75 Å². The number of carbonyl (C=O) groups excluding carboxylic acids is 1. The number of hydrogen-bond acceptors (Lipinski definition) is 5. The summed E-state index contributed by atoms with van der Waals surface area (Å²) in [6, 6.07) is 11.7. The molecule has 120 valence electrons. The topological polar surface area (TPSA) is 89.7 Å². The second-order valence-electron chi connectivity index (χ2n) is 5.02. The highest BCUT2D eigenvalue weighted by atomic mass is 16.6. The first kappa shape index (κ1) is 16.6. The summed E-state index contributed by atoms with van der Waals surface area (Å²) in [6.07, 6.45) is 0.626. The Labute approximate surface area is 133 Å². The number of aliphatic hydroxyl groups excluding tert-OH is 1. The predicted octanol–water partition coefficient (Wildman–Crippen LogP) is 2.65. The largest absolute Gasteiger partial charge is 0.426 e. The van der Waals surface area contributed by atoms with E-state index < -0.39 is 10.9 Å². The summed E-state index contributed by atoms with van der Waals surface area (Å²) >= 11 is 0. The number of esters is 1. The molecule has 0 fully saturated rings. The van der Waals surface area contributed by atoms with Gasteiger partial charge in [0, 0.05) is 37.1 Å². The van der Waals surface area contributed by atoms with Gasteiger partial charge in [-0.25, -0.2) is 0 Å². The quantitative estimate of drug-likeness (QED) is 0.383. The molecular formula is C17H17NO5. The molecule has 0 saturated heterocycles. The molecule has 6 nitrogen and oxygen atoms in total. The summed E-state index contributed by atoms with van der Waals surface area (Å²) in [5, 5.41) is 20.4. The lowest BCUT2D eigenvalue weighted by molar-refractivity contribution is -0.385. The molecule has 2 aromatic rings. The molecule has 0 amide bonds. The van der Waals surface area contributed by atoms with Crippen LogP contribution in [-0.4, -0.2) is 22.6 Å². The van der Waals surface area contributed by atoms with E-state index in [2.05, 4.69) is 0 Å². The van der Waals surface area contributed by atoms with Crippen LogP contribution in [-0.2, 0) is 17.6 Å². The van der Waals surface area contributed by atoms with Gasteiger partial charge in [-0.1, -0.05) is 30.3 Å². The first-order valence-electron chi connectivity index (χ1n) is 7.15. The van der Waals surface area contributed by atoms with Gasteiger partial charge in [0.2, 0.25) is 0 Å². The van der Waals surface area contributed by atoms with Gasteiger partial charge in [0.05, 0.1) is 4.92 Å². The molecule has 2 rings (SSSR count). The van der Waals surface area contributed by atoms with Crippen LogP contribution in [0.15, 0.2) is 42.5 Å². The van der Waals surface area contributed by atoms with Crippen molar-refractivity contribution in [1.29, 1.82) is 0 Å². The number of nitro groups is 1. The van der Waals surface area contributed by atoms with Crippen LogP contribution >= 0.6 is 0 Å². The molecule has 0 spiro atoms. The maximum atomic E-state index is 11.2. The molecule has 6 heteroatoms. The van der Waals surface area contributed by atoms with Crippen molar-refractivity contribution in [3.8, 4) is 5.75 Å². The van der Waals surface area contributed by atoms with Crippen molar-refractivity contribution in [1.82, 2.24) is 0 Å². The number of nitrogens with zero attached hydrogens (tertiary/aromatic N) is 1. The molecule has 0 aromatic heterocycles. The van der Waals surface area contributed by atoms with Crippen LogP contribution in [0.3, 0.4) is 0 Å². The van der Waals surface area contributed by atoms with E-state index in [0.29, 0.717) is 29.7 Å². The van der Waals surface area contributed by atoms with E-state index in [1.54, 1.807) is 30.3 Å². The third kappa shape index (κ3) is 4.14. The van der Waals surface area contributed by atoms with Gasteiger partial charge in [0.15, 0.2) is 0 Å². The lowest BCUT2D eigenvalue weighted by atomic mass is 9.96. The molecule has 0 unspecified atom stereocenters. The van der Waals surface area contributed by atoms with Crippen molar-refractivity contribution >= 4 is 11.7 Å². The molecule has 23 heavy (non-hydrogen) atoms. The van der Waals surface area contributed by atoms with Crippen molar-refractivity contribution in [2.24, 2.45) is 0 Å². The molecule has 0 aliphatic heterocycles. The van der Waals surface area contributed by atoms with Crippen LogP contribution < -0.4 is 4.74 Å². The molecule has 1 N–H and O–H groups in total. The number of ether oxygens (including phenoxy) is 1. The number of carbonyl (C=O) groups is 1. The first-order chi connectivity index (χ1) is 11.0. The Morgan fingerprint density at radius 1 is 1.17 bits per heavy atom. The standard InChI is InChI=1S/C17H17NO5/c1-12(20)23-17-8-4-6-13(15(17)9-10-19)11-14-5-2-3-7-16(14)18(21)22/h2-8,19H,9-11H2,1H3. The van der Waals surface area contributed by atoms with Gasteiger partial charge in [0.25, 0.3) is 5.69 Å². The van der Waals surface area contributed by atoms with Crippen LogP contribution in [0.2, 0.25) is 0 Å². The van der Waals surface area contributed by atoms with Gasteiger partial charge in [-0.15, -0.1) is 0 Å². The highest BCUT2D eigenvalue weighted by Gasteiger charge is 2.16. The van der Waals surface area contributed by atoms with E-state index in [0.717, 1.165) is 5.56 Å². The molecule has 0 aliphatic rings. The molecule has 2 aromatic carbocycles. The number of benzene rings is 2. The normalized spacial score (nSPS) is 10.3. The lowest BCUT2D eigenvalue weighted by Crippen LogP contribution is -2.08. The van der Waals surface area contributed by atoms with Crippen molar-refractivity contribution < 1.29 is 19.6 Å². The first-order valence-corrected chi connectivity index (χ1v) is 7.15. The van der Waals surface area contributed by atoms with E-state index in [-0.39, 0.29) is 12.3 Å². The highest BCUT2D eigenvalue weighted by Crippen LogP contribution is 2.28. The SMILES string of the molecule is CC(=O)Oc1cccc(Cc2ccccc2[N+](=O)[O-])c1CCO. The smallest absolute Gasteiger partial charge is 0.308 e. The summed E-state index contributed by atoms with van der Waals surface area (Å²) in [7, 11) is 0. The lowest BCUT2D eigenvalue weighted by Gasteiger charge is -2.13. The van der Waals surface area contributed by atoms with E-state index in [1.165, 1.54) is 13.0 Å². The fraction of sp³-hybridized carbons (Fsp3) is 0.235. The Morgan fingerprint density at radius 3 is 2.52 bits per heavy atom. The summed E-state index contributed by atoms with van der Waals surface area (Å²) in [6.45, 7) is 1.19. The van der Waals surface area contributed by atoms with Crippen LogP contribution in [0.5, 0.6) is 5.75 Å². The van der Waals surface area contributed by atoms with Gasteiger partial charge < -0.3 is 9.84 Å². The van der Waals surface area contributed by atoms with Crippen molar-refractivity contribution in [3.63, 3.8) is 0 Å². The van der Waals surface area contributed by atoms with Gasteiger partial charge in [-0.3, -0.25) is 14.9 Å². The Hall–Kier alpha value is -2.73. The van der Waals surface area contributed by atoms with Crippen LogP contribution in [0.1, 0.15) is 23.6 Å². The summed E-state index contributed by atoms with van der Waals surface area (Å²) in [4.78, 5) is 21.9. The zero-order valence-corrected chi connectivity index (χ0v) is 12.7. The van der Waals surface area contributed by atoms with Gasteiger partial charge in [-0.2, -0.15) is 0 Å². The number of hydrogen-bond donors (Lipinski definition) is 1. The Kier molecular flexibility index (Phi) is 5.43. The third-order valence-electron chi connectivity index (χ3n) is 3.41. The average molecular weight is 315 g/mol. The molecule has 0 bridgehead atoms. The zero-order valence-electron chi connectivity index (χ0n) is 12.7. The molecular weight excluding hydrogens is 298 g/mol. The fourth-order valence-electron chi connectivity index (χ4n) is 2.47. The minimum atomic E-state index is -0.452. The third-order valence-corrected chi connectivity index (χ3v) is 3.41. The second-order valence-corrected chi connectivity index (χ2v) is 5.02. The van der Waals surface area contributed by atoms with Crippen LogP contribution in [0.25, 0.3) is 0 Å². The number of aliphatic hydroxyl groups is 1. The Balaban J connectivity index is 2.43. The maximum absolute atomic E-state index is 11.2. The highest BCUT2D eigenvalue weighted by molar-refractivity contribution is 5.70. The number of rotatable bonds is 6. The van der Waals surface area contributed by atoms with Gasteiger partial charge in [-0.05, 0) is 18.1 Å². The minimum Gasteiger partial charge on any atom is -0.426 e. The average Bonchev–Trinajstić information content (AvgIpc) is 2.50. The minimum absolute atomic E-state index is 0.0420. The maximum Gasteiger partial charge on any atom is 0.308 e. The fourth-order valence-corrected chi connectivity index (χ4v) is 2.47. The Bertz CT molecular complexity index is 727. The van der Waals surface area contributed by atoms with E-state index >= 15 is 0 Å². The van der Waals surface area contributed by atoms with E-state index in [4.69, 9.17) is 4.74 Å². The van der Waals surface area contributed by atoms with E-state index in [9.17, 15) is 20.0 Å². The monoisotopic (exact) mass is 315 g/mol. The molecule has 0 radical (unpaired) electrons. The molecule has 0 aliphatic carbocycles. The van der Waals surface area contributed by atoms with Gasteiger partial charge >= 0.3 is 5.97 Å². The van der Waals surface area contributed by atoms with Crippen molar-refractivity contribution in [2.45, 2.75) is 19.8 Å². The van der Waals surface area contributed by atoms with Crippen molar-refractivity contribution in [3.05, 3.63) is 69.3 Å². The van der Waals surface area contributed by atoms with Crippen LogP contribution in [0, 0.1) is 10.1 Å². The van der Waals surface area contributed by atoms with Crippen molar-refractivity contribution in [2.75, 3.05) is 6.61 Å². The Morgan fingerprint density at radius 2 is 1.87 bits per heavy atom. The van der Waals surface area contributed by atoms with E-state index in [1.807, 2.05) is 6.07 Å². The van der Waals surface area contributed by atoms with Crippen LogP contribution in [0.4, 0.5) is 5.69 Å². The summed E-state index contributed by atoms with van der Waals surface area (Å²) in [5.41, 5.74) is 2.08. The summed E-state index contributed by atoms with van der Waals surface area (Å²) in [5.74, 6) is -0.0744. The number of nitro benzene ring substituents is 1. The molecule has 0 atom stereocenters. The predicted molar refractivity (Wildman–Crippen MR) is 84.4 cm³/mol. The summed E-state index contributed by atoms with van der Waals surface area (Å²) < 4.78 is 5.17. The molecule has 0 heterocycles. The molecule has 0 saturated carbocycles.